The Morgan fingerprint density at radius 3 is 2.43 bits per heavy atom. The third-order valence-corrected chi connectivity index (χ3v) is 7.27. The number of amides is 2. The maximum atomic E-state index is 13.1. The van der Waals surface area contributed by atoms with Crippen LogP contribution in [0.3, 0.4) is 0 Å². The van der Waals surface area contributed by atoms with Crippen LogP contribution in [-0.2, 0) is 14.3 Å². The first-order valence-electron chi connectivity index (χ1n) is 13.0. The number of imide groups is 1. The minimum absolute atomic E-state index is 0.0480. The molecule has 8 nitrogen and oxygen atoms in total. The van der Waals surface area contributed by atoms with Crippen molar-refractivity contribution < 1.29 is 28.7 Å². The van der Waals surface area contributed by atoms with E-state index in [0.717, 1.165) is 51.8 Å². The second-order valence-electron chi connectivity index (χ2n) is 9.85. The van der Waals surface area contributed by atoms with Crippen molar-refractivity contribution in [2.75, 3.05) is 26.3 Å². The van der Waals surface area contributed by atoms with E-state index in [-0.39, 0.29) is 35.7 Å². The molecule has 1 aromatic carbocycles. The van der Waals surface area contributed by atoms with Gasteiger partial charge in [-0.15, -0.1) is 0 Å². The van der Waals surface area contributed by atoms with Gasteiger partial charge in [0.15, 0.2) is 11.6 Å². The van der Waals surface area contributed by atoms with Gasteiger partial charge < -0.3 is 14.8 Å². The molecule has 0 bridgehead atoms. The van der Waals surface area contributed by atoms with Crippen LogP contribution in [-0.4, -0.2) is 55.8 Å². The quantitative estimate of drug-likeness (QED) is 0.366. The summed E-state index contributed by atoms with van der Waals surface area (Å²) in [7, 11) is 0. The molecule has 2 saturated heterocycles. The van der Waals surface area contributed by atoms with Gasteiger partial charge in [-0.05, 0) is 82.7 Å². The maximum absolute atomic E-state index is 13.1. The summed E-state index contributed by atoms with van der Waals surface area (Å²) < 4.78 is 11.8. The number of benzene rings is 1. The fraction of sp³-hybridized carbons (Fsp3) is 0.630. The zero-order valence-electron chi connectivity index (χ0n) is 20.3. The molecule has 2 fully saturated rings. The fourth-order valence-corrected chi connectivity index (χ4v) is 5.14. The first-order valence-corrected chi connectivity index (χ1v) is 13.0. The summed E-state index contributed by atoms with van der Waals surface area (Å²) in [5.41, 5.74) is 0.872. The molecule has 0 aromatic heterocycles. The molecule has 0 spiro atoms. The number of carbonyl (C=O) groups is 4. The Hall–Kier alpha value is -2.58. The molecule has 2 unspecified atom stereocenters. The van der Waals surface area contributed by atoms with Crippen LogP contribution in [0.25, 0.3) is 0 Å². The van der Waals surface area contributed by atoms with Crippen LogP contribution in [0.5, 0.6) is 5.75 Å². The molecule has 2 atom stereocenters. The van der Waals surface area contributed by atoms with Crippen LogP contribution in [0.2, 0.25) is 0 Å². The molecule has 2 heterocycles. The lowest BCUT2D eigenvalue weighted by Gasteiger charge is -2.26. The summed E-state index contributed by atoms with van der Waals surface area (Å²) in [4.78, 5) is 49.1. The molecular weight excluding hydrogens is 448 g/mol. The molecule has 2 N–H and O–H groups in total. The average molecular weight is 485 g/mol. The predicted octanol–water partition coefficient (Wildman–Crippen LogP) is 3.22. The van der Waals surface area contributed by atoms with Crippen molar-refractivity contribution in [1.82, 2.24) is 10.6 Å². The van der Waals surface area contributed by atoms with Crippen LogP contribution in [0.4, 0.5) is 0 Å². The van der Waals surface area contributed by atoms with E-state index in [1.807, 2.05) is 0 Å². The molecule has 0 saturated carbocycles. The van der Waals surface area contributed by atoms with Gasteiger partial charge in [-0.2, -0.15) is 0 Å². The van der Waals surface area contributed by atoms with Crippen LogP contribution >= 0.6 is 0 Å². The van der Waals surface area contributed by atoms with Crippen molar-refractivity contribution in [1.29, 1.82) is 0 Å². The molecule has 0 radical (unpaired) electrons. The lowest BCUT2D eigenvalue weighted by atomic mass is 9.78. The minimum Gasteiger partial charge on any atom is -0.494 e. The molecule has 3 aliphatic rings. The molecule has 190 valence electrons. The van der Waals surface area contributed by atoms with E-state index >= 15 is 0 Å². The lowest BCUT2D eigenvalue weighted by Crippen LogP contribution is -2.41. The van der Waals surface area contributed by atoms with Crippen molar-refractivity contribution in [3.8, 4) is 5.75 Å². The second-order valence-corrected chi connectivity index (χ2v) is 9.85. The molecule has 35 heavy (non-hydrogen) atoms. The number of hydrogen-bond acceptors (Lipinski definition) is 7. The Balaban J connectivity index is 1.21. The van der Waals surface area contributed by atoms with Crippen molar-refractivity contribution in [3.05, 3.63) is 29.3 Å². The smallest absolute Gasteiger partial charge is 0.229 e. The van der Waals surface area contributed by atoms with E-state index in [9.17, 15) is 19.2 Å². The number of ether oxygens (including phenoxy) is 2. The van der Waals surface area contributed by atoms with Gasteiger partial charge in [0.25, 0.3) is 0 Å². The first-order chi connectivity index (χ1) is 17.0. The van der Waals surface area contributed by atoms with Gasteiger partial charge in [0.05, 0.1) is 12.7 Å². The molecule has 2 aliphatic heterocycles. The summed E-state index contributed by atoms with van der Waals surface area (Å²) in [6, 6.07) is 5.13. The van der Waals surface area contributed by atoms with Crippen molar-refractivity contribution in [2.45, 2.75) is 70.3 Å². The van der Waals surface area contributed by atoms with Crippen LogP contribution < -0.4 is 15.4 Å². The average Bonchev–Trinajstić information content (AvgIpc) is 2.86. The highest BCUT2D eigenvalue weighted by Crippen LogP contribution is 2.32. The Bertz CT molecular complexity index is 940. The summed E-state index contributed by atoms with van der Waals surface area (Å²) in [6.45, 7) is 3.40. The normalized spacial score (nSPS) is 23.2. The topological polar surface area (TPSA) is 111 Å². The lowest BCUT2D eigenvalue weighted by molar-refractivity contribution is -0.136. The zero-order chi connectivity index (χ0) is 24.6. The first kappa shape index (κ1) is 25.5. The van der Waals surface area contributed by atoms with Gasteiger partial charge in [-0.1, -0.05) is 0 Å². The Morgan fingerprint density at radius 2 is 1.63 bits per heavy atom. The van der Waals surface area contributed by atoms with E-state index < -0.39 is 5.92 Å². The van der Waals surface area contributed by atoms with E-state index in [0.29, 0.717) is 55.3 Å². The number of fused-ring (bicyclic) bond motifs is 1. The minimum atomic E-state index is -0.435. The van der Waals surface area contributed by atoms with Gasteiger partial charge >= 0.3 is 0 Å². The monoisotopic (exact) mass is 484 g/mol. The second kappa shape index (κ2) is 12.4. The van der Waals surface area contributed by atoms with Crippen molar-refractivity contribution in [2.24, 2.45) is 11.8 Å². The molecule has 1 aromatic rings. The maximum Gasteiger partial charge on any atom is 0.229 e. The highest BCUT2D eigenvalue weighted by atomic mass is 16.5. The van der Waals surface area contributed by atoms with Gasteiger partial charge in [0.2, 0.25) is 11.8 Å². The molecule has 1 aliphatic carbocycles. The van der Waals surface area contributed by atoms with Gasteiger partial charge in [0, 0.05) is 42.4 Å². The van der Waals surface area contributed by atoms with Crippen molar-refractivity contribution >= 4 is 23.4 Å². The number of piperidine rings is 2. The summed E-state index contributed by atoms with van der Waals surface area (Å²) in [6.07, 6.45) is 7.40. The third-order valence-electron chi connectivity index (χ3n) is 7.27. The molecule has 4 rings (SSSR count). The van der Waals surface area contributed by atoms with E-state index in [1.54, 1.807) is 18.2 Å². The summed E-state index contributed by atoms with van der Waals surface area (Å²) >= 11 is 0. The van der Waals surface area contributed by atoms with Crippen LogP contribution in [0.1, 0.15) is 84.9 Å². The standard InChI is InChI=1S/C27H36N2O6/c30-24-16-19(5-4-18-6-9-25(31)29-27(18)33)26(32)23-17-21(7-8-22(23)24)35-15-3-1-2-14-34-20-10-12-28-13-11-20/h7-8,17-20,28H,1-6,9-16H2,(H,29,31,33). The SMILES string of the molecule is O=C1CCC(CCC2CC(=O)c3ccc(OCCCCCOC4CCNCC4)cc3C2=O)C(=O)N1. The number of unbranched alkanes of at least 4 members (excludes halogenated alkanes) is 2. The van der Waals surface area contributed by atoms with E-state index in [2.05, 4.69) is 10.6 Å². The van der Waals surface area contributed by atoms with Crippen LogP contribution in [0.15, 0.2) is 18.2 Å². The fourth-order valence-electron chi connectivity index (χ4n) is 5.14. The molecule has 8 heteroatoms. The van der Waals surface area contributed by atoms with Gasteiger partial charge in [-0.3, -0.25) is 24.5 Å². The molecule has 2 amide bonds. The van der Waals surface area contributed by atoms with Crippen LogP contribution in [0, 0.1) is 11.8 Å². The Labute approximate surface area is 206 Å². The van der Waals surface area contributed by atoms with E-state index in [1.165, 1.54) is 0 Å². The third kappa shape index (κ3) is 6.98. The number of Topliss-reactive ketones (excluding diaryl/α,β-unsaturated/α-hetero) is 2. The number of nitrogens with one attached hydrogen (secondary N) is 2. The zero-order valence-corrected chi connectivity index (χ0v) is 20.3. The van der Waals surface area contributed by atoms with Gasteiger partial charge in [0.1, 0.15) is 5.75 Å². The highest BCUT2D eigenvalue weighted by molar-refractivity contribution is 6.15. The number of rotatable bonds is 11. The number of carbonyl (C=O) groups excluding carboxylic acids is 4. The van der Waals surface area contributed by atoms with Gasteiger partial charge in [-0.25, -0.2) is 0 Å². The Morgan fingerprint density at radius 1 is 0.857 bits per heavy atom. The highest BCUT2D eigenvalue weighted by Gasteiger charge is 2.34. The van der Waals surface area contributed by atoms with E-state index in [4.69, 9.17) is 9.47 Å². The number of ketones is 2. The predicted molar refractivity (Wildman–Crippen MR) is 130 cm³/mol. The summed E-state index contributed by atoms with van der Waals surface area (Å²) in [5.74, 6) is -0.749. The Kier molecular flexibility index (Phi) is 9.04. The summed E-state index contributed by atoms with van der Waals surface area (Å²) in [5, 5.41) is 5.69. The van der Waals surface area contributed by atoms with Crippen molar-refractivity contribution in [3.63, 3.8) is 0 Å². The molecular formula is C27H36N2O6. The largest absolute Gasteiger partial charge is 0.494 e. The number of hydrogen-bond donors (Lipinski definition) is 2.